The summed E-state index contributed by atoms with van der Waals surface area (Å²) >= 11 is 0. The monoisotopic (exact) mass is 527 g/mol. The lowest BCUT2D eigenvalue weighted by molar-refractivity contribution is -0.274. The number of nitrogens with zero attached hydrogens (tertiary/aromatic N) is 1. The van der Waals surface area contributed by atoms with E-state index >= 15 is 0 Å². The van der Waals surface area contributed by atoms with E-state index in [0.29, 0.717) is 39.2 Å². The van der Waals surface area contributed by atoms with Crippen LogP contribution in [-0.4, -0.2) is 41.0 Å². The highest BCUT2D eigenvalue weighted by molar-refractivity contribution is 6.17. The van der Waals surface area contributed by atoms with Crippen molar-refractivity contribution in [3.63, 3.8) is 0 Å². The van der Waals surface area contributed by atoms with E-state index in [1.807, 2.05) is 0 Å². The van der Waals surface area contributed by atoms with Crippen molar-refractivity contribution in [3.05, 3.63) is 89.1 Å². The zero-order valence-electron chi connectivity index (χ0n) is 20.7. The molecule has 38 heavy (non-hydrogen) atoms. The van der Waals surface area contributed by atoms with Crippen LogP contribution in [0.25, 0.3) is 10.9 Å². The van der Waals surface area contributed by atoms with Gasteiger partial charge in [-0.1, -0.05) is 12.1 Å². The molecule has 10 heteroatoms. The standard InChI is InChI=1S/C28H24F3NO6/c1-16-25(26(33)19-6-10-20(36-3)11-7-19)23-13-12-22(38-28(29,30)31)14-24(23)32(16)15-18-4-8-21(9-5-18)37-17(2)27(34)35/h4-14,17H,15H2,1-3H3,(H,34,35)/t17-/m0/s1. The first-order valence-corrected chi connectivity index (χ1v) is 11.5. The molecule has 0 radical (unpaired) electrons. The van der Waals surface area contributed by atoms with Crippen LogP contribution in [-0.2, 0) is 11.3 Å². The summed E-state index contributed by atoms with van der Waals surface area (Å²) in [6, 6.07) is 17.1. The van der Waals surface area contributed by atoms with Crippen LogP contribution in [0.2, 0.25) is 0 Å². The van der Waals surface area contributed by atoms with E-state index in [4.69, 9.17) is 14.6 Å². The predicted octanol–water partition coefficient (Wildman–Crippen LogP) is 5.99. The molecule has 0 aliphatic heterocycles. The fraction of sp³-hybridized carbons (Fsp3) is 0.214. The van der Waals surface area contributed by atoms with Crippen LogP contribution < -0.4 is 14.2 Å². The van der Waals surface area contributed by atoms with Gasteiger partial charge in [-0.3, -0.25) is 4.79 Å². The molecular formula is C28H24F3NO6. The first-order chi connectivity index (χ1) is 18.0. The highest BCUT2D eigenvalue weighted by Crippen LogP contribution is 2.34. The van der Waals surface area contributed by atoms with Gasteiger partial charge in [0.2, 0.25) is 0 Å². The summed E-state index contributed by atoms with van der Waals surface area (Å²) in [7, 11) is 1.51. The Bertz CT molecular complexity index is 1470. The number of ketones is 1. The van der Waals surface area contributed by atoms with Crippen molar-refractivity contribution < 1.29 is 42.1 Å². The number of carbonyl (C=O) groups excluding carboxylic acids is 1. The van der Waals surface area contributed by atoms with Gasteiger partial charge in [-0.15, -0.1) is 13.2 Å². The van der Waals surface area contributed by atoms with E-state index in [-0.39, 0.29) is 12.3 Å². The smallest absolute Gasteiger partial charge is 0.497 e. The number of aliphatic carboxylic acids is 1. The fourth-order valence-corrected chi connectivity index (χ4v) is 4.14. The molecule has 0 aliphatic carbocycles. The zero-order chi connectivity index (χ0) is 27.6. The van der Waals surface area contributed by atoms with E-state index < -0.39 is 24.2 Å². The molecule has 0 fully saturated rings. The maximum absolute atomic E-state index is 13.5. The van der Waals surface area contributed by atoms with Crippen LogP contribution >= 0.6 is 0 Å². The number of carboxylic acids is 1. The Balaban J connectivity index is 1.76. The number of hydrogen-bond acceptors (Lipinski definition) is 5. The molecule has 7 nitrogen and oxygen atoms in total. The molecule has 0 saturated heterocycles. The molecule has 0 unspecified atom stereocenters. The number of fused-ring (bicyclic) bond motifs is 1. The van der Waals surface area contributed by atoms with Crippen molar-refractivity contribution in [1.82, 2.24) is 4.57 Å². The normalized spacial score (nSPS) is 12.3. The average Bonchev–Trinajstić information content (AvgIpc) is 3.14. The number of carbonyl (C=O) groups is 2. The summed E-state index contributed by atoms with van der Waals surface area (Å²) in [5.74, 6) is -0.855. The lowest BCUT2D eigenvalue weighted by Gasteiger charge is -2.13. The molecule has 1 heterocycles. The Hall–Kier alpha value is -4.47. The van der Waals surface area contributed by atoms with Crippen LogP contribution in [0, 0.1) is 6.92 Å². The number of methoxy groups -OCH3 is 1. The Kier molecular flexibility index (Phi) is 7.34. The van der Waals surface area contributed by atoms with Gasteiger partial charge in [0.1, 0.15) is 17.2 Å². The summed E-state index contributed by atoms with van der Waals surface area (Å²) in [6.07, 6.45) is -5.90. The van der Waals surface area contributed by atoms with Crippen LogP contribution in [0.4, 0.5) is 13.2 Å². The summed E-state index contributed by atoms with van der Waals surface area (Å²) < 4.78 is 55.1. The third-order valence-corrected chi connectivity index (χ3v) is 6.03. The number of halogens is 3. The lowest BCUT2D eigenvalue weighted by atomic mass is 10.0. The Morgan fingerprint density at radius 3 is 2.13 bits per heavy atom. The molecule has 4 rings (SSSR count). The van der Waals surface area contributed by atoms with E-state index in [2.05, 4.69) is 4.74 Å². The van der Waals surface area contributed by atoms with Gasteiger partial charge in [0.25, 0.3) is 0 Å². The highest BCUT2D eigenvalue weighted by atomic mass is 19.4. The number of ether oxygens (including phenoxy) is 3. The topological polar surface area (TPSA) is 87.0 Å². The lowest BCUT2D eigenvalue weighted by Crippen LogP contribution is -2.22. The second-order valence-corrected chi connectivity index (χ2v) is 8.57. The van der Waals surface area contributed by atoms with Crippen molar-refractivity contribution in [2.24, 2.45) is 0 Å². The Morgan fingerprint density at radius 1 is 0.947 bits per heavy atom. The van der Waals surface area contributed by atoms with Crippen molar-refractivity contribution in [1.29, 1.82) is 0 Å². The number of alkyl halides is 3. The summed E-state index contributed by atoms with van der Waals surface area (Å²) in [5, 5.41) is 9.51. The first-order valence-electron chi connectivity index (χ1n) is 11.5. The summed E-state index contributed by atoms with van der Waals surface area (Å²) in [6.45, 7) is 3.36. The molecule has 0 amide bonds. The van der Waals surface area contributed by atoms with Gasteiger partial charge in [-0.05, 0) is 67.9 Å². The molecule has 0 bridgehead atoms. The molecule has 3 aromatic carbocycles. The quantitative estimate of drug-likeness (QED) is 0.269. The molecule has 4 aromatic rings. The minimum Gasteiger partial charge on any atom is -0.497 e. The van der Waals surface area contributed by atoms with E-state index in [1.54, 1.807) is 60.0 Å². The summed E-state index contributed by atoms with van der Waals surface area (Å²) in [5.41, 5.74) is 2.47. The second-order valence-electron chi connectivity index (χ2n) is 8.57. The SMILES string of the molecule is COc1ccc(C(=O)c2c(C)n(Cc3ccc(O[C@@H](C)C(=O)O)cc3)c3cc(OC(F)(F)F)ccc23)cc1. The predicted molar refractivity (Wildman–Crippen MR) is 133 cm³/mol. The third kappa shape index (κ3) is 5.74. The Morgan fingerprint density at radius 2 is 1.55 bits per heavy atom. The second kappa shape index (κ2) is 10.5. The number of rotatable bonds is 9. The minimum atomic E-state index is -4.87. The van der Waals surface area contributed by atoms with Gasteiger partial charge in [0.05, 0.1) is 18.2 Å². The van der Waals surface area contributed by atoms with Gasteiger partial charge >= 0.3 is 12.3 Å². The average molecular weight is 527 g/mol. The fourth-order valence-electron chi connectivity index (χ4n) is 4.14. The van der Waals surface area contributed by atoms with Crippen LogP contribution in [0.15, 0.2) is 66.7 Å². The number of carboxylic acid groups (broad SMARTS) is 1. The molecule has 1 N–H and O–H groups in total. The minimum absolute atomic E-state index is 0.225. The molecule has 0 spiro atoms. The number of hydrogen-bond donors (Lipinski definition) is 1. The summed E-state index contributed by atoms with van der Waals surface area (Å²) in [4.78, 5) is 24.6. The molecule has 0 aliphatic rings. The van der Waals surface area contributed by atoms with Gasteiger partial charge in [-0.25, -0.2) is 4.79 Å². The third-order valence-electron chi connectivity index (χ3n) is 6.03. The van der Waals surface area contributed by atoms with Crippen molar-refractivity contribution in [2.45, 2.75) is 32.9 Å². The zero-order valence-corrected chi connectivity index (χ0v) is 20.7. The van der Waals surface area contributed by atoms with Crippen LogP contribution in [0.5, 0.6) is 17.2 Å². The van der Waals surface area contributed by atoms with Gasteiger partial charge in [0, 0.05) is 29.3 Å². The van der Waals surface area contributed by atoms with Gasteiger partial charge < -0.3 is 23.9 Å². The molecule has 198 valence electrons. The number of aromatic nitrogens is 1. The molecular weight excluding hydrogens is 503 g/mol. The van der Waals surface area contributed by atoms with E-state index in [9.17, 15) is 22.8 Å². The number of benzene rings is 3. The van der Waals surface area contributed by atoms with Crippen LogP contribution in [0.3, 0.4) is 0 Å². The Labute approximate surface area is 216 Å². The molecule has 1 atom stereocenters. The highest BCUT2D eigenvalue weighted by Gasteiger charge is 2.31. The van der Waals surface area contributed by atoms with Crippen molar-refractivity contribution in [3.8, 4) is 17.2 Å². The maximum atomic E-state index is 13.5. The van der Waals surface area contributed by atoms with Gasteiger partial charge in [0.15, 0.2) is 11.9 Å². The molecule has 1 aromatic heterocycles. The van der Waals surface area contributed by atoms with Crippen molar-refractivity contribution in [2.75, 3.05) is 7.11 Å². The first kappa shape index (κ1) is 26.6. The van der Waals surface area contributed by atoms with E-state index in [1.165, 1.54) is 32.2 Å². The largest absolute Gasteiger partial charge is 0.573 e. The maximum Gasteiger partial charge on any atom is 0.573 e. The van der Waals surface area contributed by atoms with Crippen molar-refractivity contribution >= 4 is 22.7 Å². The van der Waals surface area contributed by atoms with Gasteiger partial charge in [-0.2, -0.15) is 0 Å². The van der Waals surface area contributed by atoms with E-state index in [0.717, 1.165) is 5.56 Å². The molecule has 0 saturated carbocycles. The van der Waals surface area contributed by atoms with Crippen LogP contribution in [0.1, 0.15) is 34.1 Å².